The Balaban J connectivity index is 1.78. The van der Waals surface area contributed by atoms with Crippen molar-refractivity contribution in [1.29, 1.82) is 0 Å². The molecule has 1 saturated heterocycles. The monoisotopic (exact) mass is 345 g/mol. The Morgan fingerprint density at radius 3 is 3.11 bits per heavy atom. The van der Waals surface area contributed by atoms with Crippen LogP contribution in [0, 0.1) is 0 Å². The van der Waals surface area contributed by atoms with Crippen LogP contribution in [0.2, 0.25) is 5.15 Å². The minimum Gasteiger partial charge on any atom is -0.325 e. The molecule has 1 amide bonds. The fraction of sp³-hybridized carbons (Fsp3) is 0.538. The maximum atomic E-state index is 11.8. The van der Waals surface area contributed by atoms with Crippen LogP contribution in [-0.4, -0.2) is 23.5 Å². The molecule has 0 aromatic carbocycles. The van der Waals surface area contributed by atoms with Crippen LogP contribution in [-0.2, 0) is 4.79 Å². The Bertz CT molecular complexity index is 450. The van der Waals surface area contributed by atoms with Crippen LogP contribution in [0.4, 0.5) is 5.69 Å². The van der Waals surface area contributed by atoms with Crippen molar-refractivity contribution in [1.82, 2.24) is 10.3 Å². The first kappa shape index (κ1) is 14.8. The highest BCUT2D eigenvalue weighted by Gasteiger charge is 2.14. The third kappa shape index (κ3) is 4.75. The van der Waals surface area contributed by atoms with Gasteiger partial charge in [0.05, 0.1) is 16.4 Å². The molecule has 2 rings (SSSR count). The molecule has 0 bridgehead atoms. The van der Waals surface area contributed by atoms with Crippen LogP contribution in [0.1, 0.15) is 32.1 Å². The highest BCUT2D eigenvalue weighted by molar-refractivity contribution is 9.10. The van der Waals surface area contributed by atoms with Gasteiger partial charge in [-0.25, -0.2) is 4.98 Å². The van der Waals surface area contributed by atoms with E-state index >= 15 is 0 Å². The zero-order valence-electron chi connectivity index (χ0n) is 10.6. The second-order valence-electron chi connectivity index (χ2n) is 4.73. The van der Waals surface area contributed by atoms with Crippen molar-refractivity contribution < 1.29 is 4.79 Å². The van der Waals surface area contributed by atoms with E-state index in [4.69, 9.17) is 11.6 Å². The van der Waals surface area contributed by atoms with Gasteiger partial charge in [-0.2, -0.15) is 0 Å². The predicted molar refractivity (Wildman–Crippen MR) is 80.5 cm³/mol. The molecule has 1 atom stereocenters. The molecular formula is C13H17BrClN3O. The molecule has 104 valence electrons. The lowest BCUT2D eigenvalue weighted by Gasteiger charge is -2.23. The van der Waals surface area contributed by atoms with E-state index in [1.54, 1.807) is 12.3 Å². The molecule has 0 radical (unpaired) electrons. The van der Waals surface area contributed by atoms with Crippen molar-refractivity contribution in [2.24, 2.45) is 0 Å². The van der Waals surface area contributed by atoms with Crippen molar-refractivity contribution in [2.45, 2.75) is 38.1 Å². The van der Waals surface area contributed by atoms with Gasteiger partial charge >= 0.3 is 0 Å². The predicted octanol–water partition coefficient (Wildman–Crippen LogP) is 3.36. The Kier molecular flexibility index (Phi) is 5.60. The number of aromatic nitrogens is 1. The van der Waals surface area contributed by atoms with Gasteiger partial charge in [0.2, 0.25) is 5.91 Å². The van der Waals surface area contributed by atoms with Crippen molar-refractivity contribution in [3.05, 3.63) is 21.9 Å². The third-order valence-electron chi connectivity index (χ3n) is 3.21. The maximum absolute atomic E-state index is 11.8. The lowest BCUT2D eigenvalue weighted by atomic mass is 10.0. The Morgan fingerprint density at radius 2 is 2.42 bits per heavy atom. The first-order valence-electron chi connectivity index (χ1n) is 6.49. The number of carbonyl (C=O) groups is 1. The Morgan fingerprint density at radius 1 is 1.58 bits per heavy atom. The number of hydrogen-bond acceptors (Lipinski definition) is 3. The number of nitrogens with zero attached hydrogens (tertiary/aromatic N) is 1. The summed E-state index contributed by atoms with van der Waals surface area (Å²) in [6.45, 7) is 1.07. The zero-order valence-corrected chi connectivity index (χ0v) is 12.9. The number of hydrogen-bond donors (Lipinski definition) is 2. The van der Waals surface area contributed by atoms with Gasteiger partial charge in [-0.1, -0.05) is 18.0 Å². The summed E-state index contributed by atoms with van der Waals surface area (Å²) in [6, 6.07) is 2.24. The van der Waals surface area contributed by atoms with Crippen LogP contribution in [0.15, 0.2) is 16.7 Å². The van der Waals surface area contributed by atoms with E-state index in [-0.39, 0.29) is 5.91 Å². The molecule has 0 spiro atoms. The molecule has 1 aliphatic heterocycles. The number of carbonyl (C=O) groups excluding carboxylic acids is 1. The fourth-order valence-electron chi connectivity index (χ4n) is 2.19. The van der Waals surface area contributed by atoms with E-state index in [0.717, 1.165) is 13.0 Å². The number of halogens is 2. The standard InChI is InChI=1S/C13H17BrClN3O/c14-11-7-10(8-17-13(11)15)18-12(19)5-4-9-3-1-2-6-16-9/h7-9,16H,1-6H2,(H,18,19). The Hall–Kier alpha value is -0.650. The normalized spacial score (nSPS) is 19.2. The third-order valence-corrected chi connectivity index (χ3v) is 4.35. The van der Waals surface area contributed by atoms with Crippen LogP contribution in [0.3, 0.4) is 0 Å². The summed E-state index contributed by atoms with van der Waals surface area (Å²) in [7, 11) is 0. The van der Waals surface area contributed by atoms with Gasteiger partial charge in [0.15, 0.2) is 0 Å². The summed E-state index contributed by atoms with van der Waals surface area (Å²) >= 11 is 9.08. The van der Waals surface area contributed by atoms with Crippen molar-refractivity contribution in [3.8, 4) is 0 Å². The minimum atomic E-state index is 0.0170. The van der Waals surface area contributed by atoms with Crippen LogP contribution < -0.4 is 10.6 Å². The molecule has 6 heteroatoms. The van der Waals surface area contributed by atoms with E-state index in [0.29, 0.717) is 27.8 Å². The number of nitrogens with one attached hydrogen (secondary N) is 2. The first-order valence-corrected chi connectivity index (χ1v) is 7.66. The summed E-state index contributed by atoms with van der Waals surface area (Å²) in [5.41, 5.74) is 0.665. The zero-order chi connectivity index (χ0) is 13.7. The molecule has 4 nitrogen and oxygen atoms in total. The lowest BCUT2D eigenvalue weighted by molar-refractivity contribution is -0.116. The molecule has 19 heavy (non-hydrogen) atoms. The summed E-state index contributed by atoms with van der Waals surface area (Å²) in [4.78, 5) is 15.8. The molecule has 2 N–H and O–H groups in total. The molecule has 1 fully saturated rings. The van der Waals surface area contributed by atoms with Gasteiger partial charge in [-0.15, -0.1) is 0 Å². The largest absolute Gasteiger partial charge is 0.325 e. The quantitative estimate of drug-likeness (QED) is 0.822. The second-order valence-corrected chi connectivity index (χ2v) is 5.94. The highest BCUT2D eigenvalue weighted by Crippen LogP contribution is 2.23. The minimum absolute atomic E-state index is 0.0170. The van der Waals surface area contributed by atoms with Gasteiger partial charge in [0.1, 0.15) is 5.15 Å². The second kappa shape index (κ2) is 7.22. The summed E-state index contributed by atoms with van der Waals surface area (Å²) in [5, 5.41) is 6.66. The highest BCUT2D eigenvalue weighted by atomic mass is 79.9. The average molecular weight is 347 g/mol. The molecule has 1 unspecified atom stereocenters. The number of amides is 1. The topological polar surface area (TPSA) is 54.0 Å². The Labute approximate surface area is 126 Å². The van der Waals surface area contributed by atoms with E-state index in [2.05, 4.69) is 31.5 Å². The van der Waals surface area contributed by atoms with Crippen LogP contribution in [0.25, 0.3) is 0 Å². The molecule has 0 aliphatic carbocycles. The van der Waals surface area contributed by atoms with E-state index in [1.165, 1.54) is 19.3 Å². The lowest BCUT2D eigenvalue weighted by Crippen LogP contribution is -2.34. The molecule has 1 aliphatic rings. The molecule has 2 heterocycles. The summed E-state index contributed by atoms with van der Waals surface area (Å²) in [5.74, 6) is 0.0170. The van der Waals surface area contributed by atoms with Crippen molar-refractivity contribution >= 4 is 39.1 Å². The molecule has 1 aromatic heterocycles. The van der Waals surface area contributed by atoms with Crippen LogP contribution in [0.5, 0.6) is 0 Å². The van der Waals surface area contributed by atoms with E-state index in [1.807, 2.05) is 0 Å². The number of piperidine rings is 1. The van der Waals surface area contributed by atoms with Crippen molar-refractivity contribution in [2.75, 3.05) is 11.9 Å². The smallest absolute Gasteiger partial charge is 0.224 e. The van der Waals surface area contributed by atoms with Gasteiger partial charge in [-0.05, 0) is 47.8 Å². The van der Waals surface area contributed by atoms with Gasteiger partial charge in [0.25, 0.3) is 0 Å². The van der Waals surface area contributed by atoms with Gasteiger partial charge in [0, 0.05) is 12.5 Å². The maximum Gasteiger partial charge on any atom is 0.224 e. The van der Waals surface area contributed by atoms with Crippen molar-refractivity contribution in [3.63, 3.8) is 0 Å². The number of pyridine rings is 1. The number of anilines is 1. The molecular weight excluding hydrogens is 330 g/mol. The van der Waals surface area contributed by atoms with Crippen LogP contribution >= 0.6 is 27.5 Å². The first-order chi connectivity index (χ1) is 9.15. The van der Waals surface area contributed by atoms with Gasteiger partial charge < -0.3 is 10.6 Å². The van der Waals surface area contributed by atoms with E-state index in [9.17, 15) is 4.79 Å². The fourth-order valence-corrected chi connectivity index (χ4v) is 2.64. The van der Waals surface area contributed by atoms with Gasteiger partial charge in [-0.3, -0.25) is 4.79 Å². The summed E-state index contributed by atoms with van der Waals surface area (Å²) < 4.78 is 0.681. The number of rotatable bonds is 4. The van der Waals surface area contributed by atoms with E-state index < -0.39 is 0 Å². The molecule has 1 aromatic rings. The SMILES string of the molecule is O=C(CCC1CCCCN1)Nc1cnc(Cl)c(Br)c1. The average Bonchev–Trinajstić information content (AvgIpc) is 2.42. The summed E-state index contributed by atoms with van der Waals surface area (Å²) in [6.07, 6.45) is 6.64. The molecule has 0 saturated carbocycles.